The van der Waals surface area contributed by atoms with Crippen molar-refractivity contribution in [3.05, 3.63) is 82.6 Å². The molecule has 2 amide bonds. The molecule has 1 aliphatic heterocycles. The van der Waals surface area contributed by atoms with Crippen molar-refractivity contribution in [1.82, 2.24) is 19.4 Å². The molecule has 0 unspecified atom stereocenters. The molecule has 2 aromatic carbocycles. The van der Waals surface area contributed by atoms with Gasteiger partial charge in [-0.25, -0.2) is 9.78 Å². The minimum Gasteiger partial charge on any atom is -0.489 e. The molecule has 5 rings (SSSR count). The van der Waals surface area contributed by atoms with Crippen molar-refractivity contribution in [3.8, 4) is 5.75 Å². The molecule has 1 atom stereocenters. The molecule has 42 heavy (non-hydrogen) atoms. The van der Waals surface area contributed by atoms with Crippen LogP contribution in [-0.4, -0.2) is 50.1 Å². The Balaban J connectivity index is 1.52. The van der Waals surface area contributed by atoms with E-state index < -0.39 is 5.60 Å². The molecule has 1 aliphatic rings. The van der Waals surface area contributed by atoms with Gasteiger partial charge in [0.2, 0.25) is 5.95 Å². The number of carbonyl (C=O) groups excluding carboxylic acids is 2. The number of hydrogen-bond acceptors (Lipinski definition) is 6. The van der Waals surface area contributed by atoms with Gasteiger partial charge in [-0.05, 0) is 64.7 Å². The molecule has 10 heteroatoms. The van der Waals surface area contributed by atoms with Crippen LogP contribution in [0.2, 0.25) is 5.02 Å². The smallest absolute Gasteiger partial charge is 0.410 e. The van der Waals surface area contributed by atoms with Crippen molar-refractivity contribution in [2.45, 2.75) is 65.2 Å². The average Bonchev–Trinajstić information content (AvgIpc) is 3.12. The first-order valence-electron chi connectivity index (χ1n) is 14.2. The third-order valence-electron chi connectivity index (χ3n) is 7.01. The molecule has 0 bridgehead atoms. The van der Waals surface area contributed by atoms with Crippen LogP contribution in [0.4, 0.5) is 10.7 Å². The van der Waals surface area contributed by atoms with Crippen molar-refractivity contribution in [3.63, 3.8) is 0 Å². The lowest BCUT2D eigenvalue weighted by Crippen LogP contribution is -2.39. The van der Waals surface area contributed by atoms with Crippen molar-refractivity contribution in [1.29, 1.82) is 0 Å². The van der Waals surface area contributed by atoms with Crippen molar-refractivity contribution >= 4 is 40.6 Å². The lowest BCUT2D eigenvalue weighted by Gasteiger charge is -2.29. The lowest BCUT2D eigenvalue weighted by atomic mass is 10.1. The van der Waals surface area contributed by atoms with Gasteiger partial charge in [-0.3, -0.25) is 15.1 Å². The predicted molar refractivity (Wildman–Crippen MR) is 163 cm³/mol. The Morgan fingerprint density at radius 2 is 1.88 bits per heavy atom. The van der Waals surface area contributed by atoms with Crippen molar-refractivity contribution in [2.75, 3.05) is 18.4 Å². The SMILES string of the molecule is Cc1cc(C(=O)Nc2nc3cc(OCc4ccccc4)cc(Cl)c3n2[C@@H]2CCCCN(C(=O)OC(C)(C)C)C2)ccn1. The van der Waals surface area contributed by atoms with E-state index >= 15 is 0 Å². The molecular formula is C32H36ClN5O4. The fourth-order valence-corrected chi connectivity index (χ4v) is 5.40. The summed E-state index contributed by atoms with van der Waals surface area (Å²) in [6.45, 7) is 8.75. The number of rotatable bonds is 6. The Bertz CT molecular complexity index is 1580. The first kappa shape index (κ1) is 29.4. The molecule has 1 N–H and O–H groups in total. The van der Waals surface area contributed by atoms with Crippen LogP contribution in [0.3, 0.4) is 0 Å². The van der Waals surface area contributed by atoms with E-state index in [2.05, 4.69) is 10.3 Å². The molecule has 1 saturated heterocycles. The van der Waals surface area contributed by atoms with Gasteiger partial charge in [-0.2, -0.15) is 0 Å². The van der Waals surface area contributed by atoms with E-state index in [0.29, 0.717) is 53.0 Å². The number of carbonyl (C=O) groups is 2. The summed E-state index contributed by atoms with van der Waals surface area (Å²) in [4.78, 5) is 37.2. The summed E-state index contributed by atoms with van der Waals surface area (Å²) < 4.78 is 13.7. The monoisotopic (exact) mass is 589 g/mol. The number of halogens is 1. The minimum atomic E-state index is -0.609. The maximum Gasteiger partial charge on any atom is 0.410 e. The highest BCUT2D eigenvalue weighted by atomic mass is 35.5. The fraction of sp³-hybridized carbons (Fsp3) is 0.375. The zero-order valence-corrected chi connectivity index (χ0v) is 25.1. The molecule has 0 aliphatic carbocycles. The number of fused-ring (bicyclic) bond motifs is 1. The Morgan fingerprint density at radius 3 is 2.62 bits per heavy atom. The second-order valence-corrected chi connectivity index (χ2v) is 12.0. The Hall–Kier alpha value is -4.11. The number of anilines is 1. The second kappa shape index (κ2) is 12.4. The summed E-state index contributed by atoms with van der Waals surface area (Å²) in [6, 6.07) is 16.6. The van der Waals surface area contributed by atoms with Crippen LogP contribution in [0.5, 0.6) is 5.75 Å². The summed E-state index contributed by atoms with van der Waals surface area (Å²) in [5.74, 6) is 0.605. The summed E-state index contributed by atoms with van der Waals surface area (Å²) >= 11 is 6.92. The first-order valence-corrected chi connectivity index (χ1v) is 14.6. The van der Waals surface area contributed by atoms with E-state index in [1.54, 1.807) is 29.3 Å². The average molecular weight is 590 g/mol. The van der Waals surface area contributed by atoms with Crippen LogP contribution in [0.15, 0.2) is 60.8 Å². The Labute approximate surface area is 250 Å². The highest BCUT2D eigenvalue weighted by molar-refractivity contribution is 6.35. The van der Waals surface area contributed by atoms with E-state index in [9.17, 15) is 9.59 Å². The normalized spacial score (nSPS) is 15.7. The number of hydrogen-bond donors (Lipinski definition) is 1. The lowest BCUT2D eigenvalue weighted by molar-refractivity contribution is 0.0238. The van der Waals surface area contributed by atoms with Gasteiger partial charge in [0.15, 0.2) is 0 Å². The minimum absolute atomic E-state index is 0.201. The van der Waals surface area contributed by atoms with E-state index in [1.807, 2.05) is 68.7 Å². The maximum absolute atomic E-state index is 13.4. The molecular weight excluding hydrogens is 554 g/mol. The van der Waals surface area contributed by atoms with Crippen LogP contribution in [0.25, 0.3) is 11.0 Å². The molecule has 2 aromatic heterocycles. The van der Waals surface area contributed by atoms with Crippen LogP contribution >= 0.6 is 11.6 Å². The standard InChI is InChI=1S/C32H36ClN5O4/c1-21-16-23(13-14-34-21)29(39)36-30-35-27-18-25(41-20-22-10-6-5-7-11-22)17-26(33)28(27)38(30)24-12-8-9-15-37(19-24)31(40)42-32(2,3)4/h5-7,10-11,13-14,16-18,24H,8-9,12,15,19-20H2,1-4H3,(H,35,36,39)/t24-/m1/s1. The first-order chi connectivity index (χ1) is 20.1. The summed E-state index contributed by atoms with van der Waals surface area (Å²) in [6.07, 6.45) is 3.73. The van der Waals surface area contributed by atoms with Crippen molar-refractivity contribution in [2.24, 2.45) is 0 Å². The summed E-state index contributed by atoms with van der Waals surface area (Å²) in [5.41, 5.74) is 2.87. The van der Waals surface area contributed by atoms with Crippen LogP contribution in [-0.2, 0) is 11.3 Å². The number of amides is 2. The van der Waals surface area contributed by atoms with E-state index in [4.69, 9.17) is 26.1 Å². The summed E-state index contributed by atoms with van der Waals surface area (Å²) in [5, 5.41) is 3.44. The molecule has 220 valence electrons. The number of nitrogens with one attached hydrogen (secondary N) is 1. The predicted octanol–water partition coefficient (Wildman–Crippen LogP) is 7.19. The van der Waals surface area contributed by atoms with E-state index in [-0.39, 0.29) is 18.0 Å². The zero-order valence-electron chi connectivity index (χ0n) is 24.4. The van der Waals surface area contributed by atoms with Gasteiger partial charge in [-0.15, -0.1) is 0 Å². The number of ether oxygens (including phenoxy) is 2. The number of aryl methyl sites for hydroxylation is 1. The topological polar surface area (TPSA) is 98.6 Å². The largest absolute Gasteiger partial charge is 0.489 e. The highest BCUT2D eigenvalue weighted by Crippen LogP contribution is 2.37. The van der Waals surface area contributed by atoms with Gasteiger partial charge >= 0.3 is 6.09 Å². The molecule has 0 spiro atoms. The van der Waals surface area contributed by atoms with Gasteiger partial charge in [-0.1, -0.05) is 41.9 Å². The molecule has 1 fully saturated rings. The second-order valence-electron chi connectivity index (χ2n) is 11.6. The van der Waals surface area contributed by atoms with Gasteiger partial charge in [0.1, 0.15) is 18.0 Å². The number of likely N-dealkylation sites (tertiary alicyclic amines) is 1. The van der Waals surface area contributed by atoms with E-state index in [1.165, 1.54) is 0 Å². The zero-order chi connectivity index (χ0) is 29.9. The number of aromatic nitrogens is 3. The fourth-order valence-electron chi connectivity index (χ4n) is 5.11. The molecule has 9 nitrogen and oxygen atoms in total. The van der Waals surface area contributed by atoms with E-state index in [0.717, 1.165) is 30.5 Å². The van der Waals surface area contributed by atoms with Gasteiger partial charge < -0.3 is 18.9 Å². The van der Waals surface area contributed by atoms with Gasteiger partial charge in [0.25, 0.3) is 5.91 Å². The number of nitrogens with zero attached hydrogens (tertiary/aromatic N) is 4. The maximum atomic E-state index is 13.4. The molecule has 0 saturated carbocycles. The third kappa shape index (κ3) is 7.02. The Morgan fingerprint density at radius 1 is 1.10 bits per heavy atom. The van der Waals surface area contributed by atoms with Crippen molar-refractivity contribution < 1.29 is 19.1 Å². The number of benzene rings is 2. The molecule has 4 aromatic rings. The number of imidazole rings is 1. The number of pyridine rings is 1. The van der Waals surface area contributed by atoms with Crippen LogP contribution in [0, 0.1) is 6.92 Å². The van der Waals surface area contributed by atoms with Crippen LogP contribution in [0.1, 0.15) is 67.7 Å². The molecule has 0 radical (unpaired) electrons. The quantitative estimate of drug-likeness (QED) is 0.256. The summed E-state index contributed by atoms with van der Waals surface area (Å²) in [7, 11) is 0. The van der Waals surface area contributed by atoms with Gasteiger partial charge in [0, 0.05) is 42.7 Å². The molecule has 3 heterocycles. The third-order valence-corrected chi connectivity index (χ3v) is 7.30. The van der Waals surface area contributed by atoms with Crippen LogP contribution < -0.4 is 10.1 Å². The van der Waals surface area contributed by atoms with Gasteiger partial charge in [0.05, 0.1) is 22.1 Å². The Kier molecular flexibility index (Phi) is 8.68. The highest BCUT2D eigenvalue weighted by Gasteiger charge is 2.30.